The van der Waals surface area contributed by atoms with Crippen LogP contribution in [-0.4, -0.2) is 41.2 Å². The molecular formula is C26H39IN2O3. The molecular weight excluding hydrogens is 515 g/mol. The predicted molar refractivity (Wildman–Crippen MR) is 140 cm³/mol. The van der Waals surface area contributed by atoms with Crippen LogP contribution in [0.2, 0.25) is 0 Å². The molecule has 0 atom stereocenters. The highest BCUT2D eigenvalue weighted by Crippen LogP contribution is 2.37. The lowest BCUT2D eigenvalue weighted by Gasteiger charge is -2.37. The van der Waals surface area contributed by atoms with E-state index in [1.54, 1.807) is 12.1 Å². The summed E-state index contributed by atoms with van der Waals surface area (Å²) >= 11 is 0. The number of rotatable bonds is 3. The highest BCUT2D eigenvalue weighted by molar-refractivity contribution is 14.0. The molecule has 1 saturated carbocycles. The van der Waals surface area contributed by atoms with Crippen LogP contribution in [-0.2, 0) is 16.1 Å². The highest BCUT2D eigenvalue weighted by Gasteiger charge is 2.33. The van der Waals surface area contributed by atoms with Crippen molar-refractivity contribution in [2.24, 2.45) is 17.3 Å². The molecule has 0 radical (unpaired) electrons. The summed E-state index contributed by atoms with van der Waals surface area (Å²) in [5.41, 5.74) is 3.53. The van der Waals surface area contributed by atoms with Gasteiger partial charge >= 0.3 is 5.97 Å². The van der Waals surface area contributed by atoms with Crippen LogP contribution in [0.15, 0.2) is 24.3 Å². The number of pyridine rings is 1. The minimum Gasteiger partial charge on any atom is -0.508 e. The summed E-state index contributed by atoms with van der Waals surface area (Å²) in [6.07, 6.45) is 7.38. The lowest BCUT2D eigenvalue weighted by atomic mass is 9.72. The number of phenolic OH excluding ortho intramolecular Hbond substituents is 1. The van der Waals surface area contributed by atoms with Crippen molar-refractivity contribution in [3.05, 3.63) is 35.5 Å². The molecule has 1 N–H and O–H groups in total. The van der Waals surface area contributed by atoms with Crippen LogP contribution in [0.1, 0.15) is 64.1 Å². The third kappa shape index (κ3) is 7.04. The number of carbonyl (C=O) groups excluding carboxylic acids is 1. The Morgan fingerprint density at radius 3 is 2.38 bits per heavy atom. The van der Waals surface area contributed by atoms with Gasteiger partial charge in [0, 0.05) is 25.0 Å². The van der Waals surface area contributed by atoms with E-state index in [4.69, 9.17) is 4.74 Å². The normalized spacial score (nSPS) is 17.7. The van der Waals surface area contributed by atoms with E-state index in [9.17, 15) is 9.90 Å². The number of hydrogen-bond acceptors (Lipinski definition) is 5. The molecule has 2 aliphatic rings. The Morgan fingerprint density at radius 2 is 1.81 bits per heavy atom. The fraction of sp³-hybridized carbons (Fsp3) is 0.615. The Labute approximate surface area is 210 Å². The average Bonchev–Trinajstić information content (AvgIpc) is 2.71. The van der Waals surface area contributed by atoms with Crippen molar-refractivity contribution in [3.8, 4) is 5.75 Å². The summed E-state index contributed by atoms with van der Waals surface area (Å²) in [7, 11) is 1.43. The first-order valence-electron chi connectivity index (χ1n) is 11.6. The number of halogens is 1. The highest BCUT2D eigenvalue weighted by atomic mass is 127. The van der Waals surface area contributed by atoms with Gasteiger partial charge in [-0.3, -0.25) is 14.7 Å². The molecule has 1 aliphatic carbocycles. The first-order chi connectivity index (χ1) is 14.7. The van der Waals surface area contributed by atoms with Crippen molar-refractivity contribution < 1.29 is 14.6 Å². The lowest BCUT2D eigenvalue weighted by Crippen LogP contribution is -2.50. The summed E-state index contributed by atoms with van der Waals surface area (Å²) in [6, 6.07) is 7.25. The largest absolute Gasteiger partial charge is 0.508 e. The number of esters is 1. The van der Waals surface area contributed by atoms with Crippen LogP contribution >= 0.6 is 24.0 Å². The van der Waals surface area contributed by atoms with Crippen LogP contribution in [0.3, 0.4) is 0 Å². The van der Waals surface area contributed by atoms with Crippen molar-refractivity contribution in [1.29, 1.82) is 0 Å². The number of hydrogen-bond donors (Lipinski definition) is 1. The Hall–Kier alpha value is -1.41. The number of likely N-dealkylation sites (tertiary alicyclic amines) is 1. The second kappa shape index (κ2) is 11.6. The maximum absolute atomic E-state index is 11.4. The van der Waals surface area contributed by atoms with Crippen molar-refractivity contribution in [3.63, 3.8) is 0 Å². The van der Waals surface area contributed by atoms with Crippen molar-refractivity contribution in [2.75, 3.05) is 20.2 Å². The zero-order chi connectivity index (χ0) is 22.6. The third-order valence-electron chi connectivity index (χ3n) is 6.76. The molecule has 2 fully saturated rings. The molecule has 2 heterocycles. The van der Waals surface area contributed by atoms with Gasteiger partial charge in [0.2, 0.25) is 0 Å². The maximum atomic E-state index is 11.4. The van der Waals surface area contributed by atoms with Crippen LogP contribution in [0.25, 0.3) is 10.9 Å². The smallest absolute Gasteiger partial charge is 0.311 e. The zero-order valence-corrected chi connectivity index (χ0v) is 22.5. The topological polar surface area (TPSA) is 62.7 Å². The van der Waals surface area contributed by atoms with E-state index >= 15 is 0 Å². The van der Waals surface area contributed by atoms with Gasteiger partial charge in [-0.05, 0) is 60.9 Å². The Kier molecular flexibility index (Phi) is 9.76. The first kappa shape index (κ1) is 26.8. The number of aromatic nitrogens is 1. The second-order valence-corrected chi connectivity index (χ2v) is 10.2. The predicted octanol–water partition coefficient (Wildman–Crippen LogP) is 6.08. The Bertz CT molecular complexity index is 898. The van der Waals surface area contributed by atoms with E-state index in [2.05, 4.69) is 30.7 Å². The molecule has 32 heavy (non-hydrogen) atoms. The molecule has 0 unspecified atom stereocenters. The van der Waals surface area contributed by atoms with Gasteiger partial charge in [0.15, 0.2) is 0 Å². The fourth-order valence-electron chi connectivity index (χ4n) is 4.75. The number of aryl methyl sites for hydroxylation is 1. The van der Waals surface area contributed by atoms with Gasteiger partial charge in [0.05, 0.1) is 24.2 Å². The summed E-state index contributed by atoms with van der Waals surface area (Å²) in [6.45, 7) is 11.3. The second-order valence-electron chi connectivity index (χ2n) is 10.2. The molecule has 0 spiro atoms. The number of benzene rings is 1. The molecule has 5 nitrogen and oxygen atoms in total. The van der Waals surface area contributed by atoms with Gasteiger partial charge in [0.1, 0.15) is 5.75 Å². The first-order valence-corrected chi connectivity index (χ1v) is 11.6. The molecule has 0 amide bonds. The molecule has 0 bridgehead atoms. The van der Waals surface area contributed by atoms with E-state index in [0.29, 0.717) is 5.41 Å². The average molecular weight is 555 g/mol. The van der Waals surface area contributed by atoms with Gasteiger partial charge in [0.25, 0.3) is 0 Å². The third-order valence-corrected chi connectivity index (χ3v) is 6.76. The van der Waals surface area contributed by atoms with Crippen LogP contribution in [0.5, 0.6) is 5.75 Å². The number of fused-ring (bicyclic) bond motifs is 1. The van der Waals surface area contributed by atoms with E-state index in [1.165, 1.54) is 39.2 Å². The molecule has 6 heteroatoms. The van der Waals surface area contributed by atoms with E-state index < -0.39 is 0 Å². The molecule has 1 aromatic carbocycles. The number of nitrogens with zero attached hydrogens (tertiary/aromatic N) is 2. The number of aromatic hydroxyl groups is 1. The quantitative estimate of drug-likeness (QED) is 0.368. The van der Waals surface area contributed by atoms with Gasteiger partial charge < -0.3 is 9.84 Å². The molecule has 178 valence electrons. The van der Waals surface area contributed by atoms with E-state index in [0.717, 1.165) is 47.7 Å². The molecule has 1 saturated heterocycles. The van der Waals surface area contributed by atoms with Gasteiger partial charge in [-0.15, -0.1) is 24.0 Å². The SMILES string of the molecule is CC(C)(C)C1CCCCC1.COC(=O)C1CN(Cc2cc(C)c3cc(O)ccc3n2)C1.I. The minimum absolute atomic E-state index is 0. The number of methoxy groups -OCH3 is 1. The fourth-order valence-corrected chi connectivity index (χ4v) is 4.75. The minimum atomic E-state index is -0.135. The molecule has 4 rings (SSSR count). The molecule has 1 aliphatic heterocycles. The van der Waals surface area contributed by atoms with Crippen LogP contribution < -0.4 is 0 Å². The van der Waals surface area contributed by atoms with E-state index in [1.807, 2.05) is 19.1 Å². The van der Waals surface area contributed by atoms with Gasteiger partial charge in [-0.25, -0.2) is 0 Å². The van der Waals surface area contributed by atoms with Crippen LogP contribution in [0.4, 0.5) is 0 Å². The molecule has 2 aromatic rings. The zero-order valence-electron chi connectivity index (χ0n) is 20.2. The summed E-state index contributed by atoms with van der Waals surface area (Å²) < 4.78 is 4.74. The standard InChI is InChI=1S/C16H18N2O3.C10H20.HI/c1-10-5-12(9-18-7-11(8-18)16(20)21-2)17-15-4-3-13(19)6-14(10)15;1-10(2,3)9-7-5-4-6-8-9;/h3-6,11,19H,7-9H2,1-2H3;9H,4-8H2,1-3H3;1H. The van der Waals surface area contributed by atoms with Crippen molar-refractivity contribution in [1.82, 2.24) is 9.88 Å². The summed E-state index contributed by atoms with van der Waals surface area (Å²) in [4.78, 5) is 18.2. The van der Waals surface area contributed by atoms with Gasteiger partial charge in [-0.2, -0.15) is 0 Å². The number of carbonyl (C=O) groups is 1. The molecule has 1 aromatic heterocycles. The summed E-state index contributed by atoms with van der Waals surface area (Å²) in [5.74, 6) is 1.11. The van der Waals surface area contributed by atoms with E-state index in [-0.39, 0.29) is 41.6 Å². The summed E-state index contributed by atoms with van der Waals surface area (Å²) in [5, 5.41) is 10.5. The number of ether oxygens (including phenoxy) is 1. The lowest BCUT2D eigenvalue weighted by molar-refractivity contribution is -0.151. The Morgan fingerprint density at radius 1 is 1.16 bits per heavy atom. The van der Waals surface area contributed by atoms with Gasteiger partial charge in [-0.1, -0.05) is 40.0 Å². The van der Waals surface area contributed by atoms with Crippen LogP contribution in [0, 0.1) is 24.2 Å². The van der Waals surface area contributed by atoms with Crippen molar-refractivity contribution >= 4 is 40.8 Å². The Balaban J connectivity index is 0.000000280. The monoisotopic (exact) mass is 554 g/mol. The maximum Gasteiger partial charge on any atom is 0.311 e. The van der Waals surface area contributed by atoms with Crippen molar-refractivity contribution in [2.45, 2.75) is 66.3 Å². The number of phenols is 1.